The molecule has 3 nitrogen and oxygen atoms in total. The quantitative estimate of drug-likeness (QED) is 0.601. The molecular weight excluding hydrogens is 154 g/mol. The van der Waals surface area contributed by atoms with Crippen LogP contribution in [-0.4, -0.2) is 19.0 Å². The number of ether oxygens (including phenoxy) is 2. The van der Waals surface area contributed by atoms with Crippen molar-refractivity contribution in [3.63, 3.8) is 0 Å². The molecule has 1 aliphatic rings. The first-order valence-electron chi connectivity index (χ1n) is 4.46. The minimum absolute atomic E-state index is 0.0719. The first-order chi connectivity index (χ1) is 5.79. The van der Waals surface area contributed by atoms with Crippen molar-refractivity contribution in [1.29, 1.82) is 5.26 Å². The number of nitrogens with zero attached hydrogens (tertiary/aromatic N) is 1. The average Bonchev–Trinajstić information content (AvgIpc) is 2.03. The van der Waals surface area contributed by atoms with E-state index in [1.165, 1.54) is 0 Å². The van der Waals surface area contributed by atoms with Gasteiger partial charge in [0, 0.05) is 19.6 Å². The molecule has 68 valence electrons. The lowest BCUT2D eigenvalue weighted by Crippen LogP contribution is -2.51. The van der Waals surface area contributed by atoms with E-state index in [0.29, 0.717) is 13.2 Å². The predicted octanol–water partition coefficient (Wildman–Crippen LogP) is 1.69. The van der Waals surface area contributed by atoms with Crippen LogP contribution < -0.4 is 0 Å². The van der Waals surface area contributed by atoms with Crippen molar-refractivity contribution in [3.8, 4) is 6.07 Å². The number of rotatable bonds is 4. The van der Waals surface area contributed by atoms with Crippen molar-refractivity contribution in [1.82, 2.24) is 0 Å². The Morgan fingerprint density at radius 1 is 1.42 bits per heavy atom. The summed E-state index contributed by atoms with van der Waals surface area (Å²) < 4.78 is 10.9. The molecule has 1 saturated carbocycles. The molecule has 0 aromatic carbocycles. The molecular formula is C9H15NO2. The monoisotopic (exact) mass is 169 g/mol. The molecule has 0 saturated heterocycles. The number of hydrogen-bond acceptors (Lipinski definition) is 3. The molecule has 0 aliphatic heterocycles. The molecule has 0 aromatic rings. The van der Waals surface area contributed by atoms with Gasteiger partial charge < -0.3 is 9.47 Å². The summed E-state index contributed by atoms with van der Waals surface area (Å²) in [6.45, 7) is 5.07. The lowest BCUT2D eigenvalue weighted by Gasteiger charge is -2.44. The molecule has 0 bridgehead atoms. The van der Waals surface area contributed by atoms with E-state index in [0.717, 1.165) is 12.8 Å². The van der Waals surface area contributed by atoms with Crippen LogP contribution in [0.3, 0.4) is 0 Å². The largest absolute Gasteiger partial charge is 0.349 e. The van der Waals surface area contributed by atoms with Gasteiger partial charge in [0.25, 0.3) is 0 Å². The Labute approximate surface area is 73.3 Å². The number of nitriles is 1. The zero-order valence-corrected chi connectivity index (χ0v) is 7.67. The summed E-state index contributed by atoms with van der Waals surface area (Å²) in [6, 6.07) is 2.21. The zero-order valence-electron chi connectivity index (χ0n) is 7.67. The molecule has 0 radical (unpaired) electrons. The fourth-order valence-corrected chi connectivity index (χ4v) is 1.56. The summed E-state index contributed by atoms with van der Waals surface area (Å²) in [4.78, 5) is 0. The van der Waals surface area contributed by atoms with E-state index < -0.39 is 5.79 Å². The van der Waals surface area contributed by atoms with Crippen LogP contribution in [0.4, 0.5) is 0 Å². The summed E-state index contributed by atoms with van der Waals surface area (Å²) in [6.07, 6.45) is 1.75. The van der Waals surface area contributed by atoms with Gasteiger partial charge in [0.15, 0.2) is 5.79 Å². The Bertz CT molecular complexity index is 179. The summed E-state index contributed by atoms with van der Waals surface area (Å²) in [5.74, 6) is -0.643. The second kappa shape index (κ2) is 3.88. The summed E-state index contributed by atoms with van der Waals surface area (Å²) >= 11 is 0. The third-order valence-corrected chi connectivity index (χ3v) is 2.25. The van der Waals surface area contributed by atoms with E-state index in [9.17, 15) is 0 Å². The highest BCUT2D eigenvalue weighted by Gasteiger charge is 2.49. The van der Waals surface area contributed by atoms with Gasteiger partial charge in [0.1, 0.15) is 5.92 Å². The van der Waals surface area contributed by atoms with Crippen LogP contribution in [-0.2, 0) is 9.47 Å². The SMILES string of the molecule is CCOC1(OCC)CCC1C#N. The molecule has 0 amide bonds. The predicted molar refractivity (Wildman–Crippen MR) is 44.3 cm³/mol. The van der Waals surface area contributed by atoms with Crippen LogP contribution in [0.5, 0.6) is 0 Å². The van der Waals surface area contributed by atoms with Crippen molar-refractivity contribution < 1.29 is 9.47 Å². The Morgan fingerprint density at radius 2 is 2.00 bits per heavy atom. The van der Waals surface area contributed by atoms with Gasteiger partial charge in [-0.05, 0) is 20.3 Å². The Morgan fingerprint density at radius 3 is 2.25 bits per heavy atom. The van der Waals surface area contributed by atoms with Crippen molar-refractivity contribution in [2.24, 2.45) is 5.92 Å². The minimum atomic E-state index is -0.571. The van der Waals surface area contributed by atoms with E-state index >= 15 is 0 Å². The maximum absolute atomic E-state index is 8.76. The van der Waals surface area contributed by atoms with Gasteiger partial charge in [-0.3, -0.25) is 0 Å². The van der Waals surface area contributed by atoms with Gasteiger partial charge in [0.2, 0.25) is 0 Å². The highest BCUT2D eigenvalue weighted by atomic mass is 16.7. The smallest absolute Gasteiger partial charge is 0.184 e. The van der Waals surface area contributed by atoms with Crippen LogP contribution in [0.1, 0.15) is 26.7 Å². The third kappa shape index (κ3) is 1.45. The average molecular weight is 169 g/mol. The molecule has 0 heterocycles. The van der Waals surface area contributed by atoms with E-state index in [2.05, 4.69) is 6.07 Å². The van der Waals surface area contributed by atoms with Gasteiger partial charge in [-0.2, -0.15) is 5.26 Å². The summed E-state index contributed by atoms with van der Waals surface area (Å²) in [5, 5.41) is 8.76. The highest BCUT2D eigenvalue weighted by molar-refractivity contribution is 5.02. The first-order valence-corrected chi connectivity index (χ1v) is 4.46. The third-order valence-electron chi connectivity index (χ3n) is 2.25. The van der Waals surface area contributed by atoms with Crippen LogP contribution in [0, 0.1) is 17.2 Å². The van der Waals surface area contributed by atoms with E-state index in [-0.39, 0.29) is 5.92 Å². The molecule has 0 aromatic heterocycles. The molecule has 12 heavy (non-hydrogen) atoms. The highest BCUT2D eigenvalue weighted by Crippen LogP contribution is 2.42. The van der Waals surface area contributed by atoms with E-state index in [4.69, 9.17) is 14.7 Å². The summed E-state index contributed by atoms with van der Waals surface area (Å²) in [5.41, 5.74) is 0. The maximum atomic E-state index is 8.76. The van der Waals surface area contributed by atoms with Crippen LogP contribution >= 0.6 is 0 Å². The van der Waals surface area contributed by atoms with Crippen molar-refractivity contribution >= 4 is 0 Å². The van der Waals surface area contributed by atoms with Gasteiger partial charge in [-0.25, -0.2) is 0 Å². The van der Waals surface area contributed by atoms with Crippen molar-refractivity contribution in [2.45, 2.75) is 32.5 Å². The first kappa shape index (κ1) is 9.50. The zero-order chi connectivity index (χ0) is 9.03. The van der Waals surface area contributed by atoms with E-state index in [1.54, 1.807) is 0 Å². The molecule has 1 rings (SSSR count). The van der Waals surface area contributed by atoms with Crippen LogP contribution in [0.25, 0.3) is 0 Å². The maximum Gasteiger partial charge on any atom is 0.184 e. The van der Waals surface area contributed by atoms with E-state index in [1.807, 2.05) is 13.8 Å². The molecule has 1 atom stereocenters. The van der Waals surface area contributed by atoms with Crippen LogP contribution in [0.2, 0.25) is 0 Å². The summed E-state index contributed by atoms with van der Waals surface area (Å²) in [7, 11) is 0. The lowest BCUT2D eigenvalue weighted by atomic mass is 9.79. The fraction of sp³-hybridized carbons (Fsp3) is 0.889. The second-order valence-electron chi connectivity index (χ2n) is 2.90. The Balaban J connectivity index is 2.55. The number of hydrogen-bond donors (Lipinski definition) is 0. The Kier molecular flexibility index (Phi) is 3.07. The molecule has 0 spiro atoms. The molecule has 1 fully saturated rings. The second-order valence-corrected chi connectivity index (χ2v) is 2.90. The molecule has 0 N–H and O–H groups in total. The topological polar surface area (TPSA) is 42.2 Å². The molecule has 1 unspecified atom stereocenters. The van der Waals surface area contributed by atoms with Gasteiger partial charge in [-0.1, -0.05) is 0 Å². The normalized spacial score (nSPS) is 25.9. The van der Waals surface area contributed by atoms with Crippen LogP contribution in [0.15, 0.2) is 0 Å². The van der Waals surface area contributed by atoms with Gasteiger partial charge in [-0.15, -0.1) is 0 Å². The Hall–Kier alpha value is -0.590. The van der Waals surface area contributed by atoms with Crippen molar-refractivity contribution in [2.75, 3.05) is 13.2 Å². The minimum Gasteiger partial charge on any atom is -0.349 e. The van der Waals surface area contributed by atoms with Gasteiger partial charge in [0.05, 0.1) is 6.07 Å². The molecule has 1 aliphatic carbocycles. The standard InChI is InChI=1S/C9H15NO2/c1-3-11-9(12-4-2)6-5-8(9)7-10/h8H,3-6H2,1-2H3. The van der Waals surface area contributed by atoms with Gasteiger partial charge >= 0.3 is 0 Å². The fourth-order valence-electron chi connectivity index (χ4n) is 1.56. The lowest BCUT2D eigenvalue weighted by molar-refractivity contribution is -0.294. The van der Waals surface area contributed by atoms with Crippen molar-refractivity contribution in [3.05, 3.63) is 0 Å². The molecule has 3 heteroatoms.